The number of pyridine rings is 1. The number of rotatable bonds is 3. The molecule has 2 atom stereocenters. The van der Waals surface area contributed by atoms with Crippen molar-refractivity contribution in [1.29, 1.82) is 0 Å². The zero-order valence-corrected chi connectivity index (χ0v) is 14.7. The SMILES string of the molecule is CC[C@H]1CN(C(=O)OC(C)(C)C)CCN1c1ccc([NH+]([O-])O)nc1. The molecule has 0 spiro atoms. The van der Waals surface area contributed by atoms with Crippen LogP contribution in [0.1, 0.15) is 34.1 Å². The molecule has 1 aromatic rings. The van der Waals surface area contributed by atoms with Crippen molar-refractivity contribution >= 4 is 17.6 Å². The van der Waals surface area contributed by atoms with E-state index in [1.165, 1.54) is 6.07 Å². The van der Waals surface area contributed by atoms with Gasteiger partial charge in [-0.25, -0.2) is 10.0 Å². The first-order chi connectivity index (χ1) is 11.2. The zero-order valence-electron chi connectivity index (χ0n) is 14.7. The van der Waals surface area contributed by atoms with Crippen molar-refractivity contribution in [3.05, 3.63) is 23.5 Å². The lowest BCUT2D eigenvalue weighted by Gasteiger charge is -2.42. The number of quaternary nitrogens is 1. The predicted octanol–water partition coefficient (Wildman–Crippen LogP) is 1.32. The Bertz CT molecular complexity index is 556. The number of nitrogens with zero attached hydrogens (tertiary/aromatic N) is 3. The summed E-state index contributed by atoms with van der Waals surface area (Å²) in [5.41, 5.74) is 0.364. The largest absolute Gasteiger partial charge is 0.594 e. The standard InChI is InChI=1S/C16H26N4O4/c1-5-12-11-18(15(21)24-16(2,3)4)8-9-19(12)13-6-7-14(17-10-13)20(22)23/h6-7,10,12,20,22H,5,8-9,11H2,1-4H3/t12-/m0/s1. The summed E-state index contributed by atoms with van der Waals surface area (Å²) < 4.78 is 5.44. The van der Waals surface area contributed by atoms with Crippen molar-refractivity contribution in [2.24, 2.45) is 0 Å². The van der Waals surface area contributed by atoms with Crippen LogP contribution in [0.15, 0.2) is 18.3 Å². The lowest BCUT2D eigenvalue weighted by atomic mass is 10.1. The van der Waals surface area contributed by atoms with Gasteiger partial charge in [0.2, 0.25) is 0 Å². The first-order valence-electron chi connectivity index (χ1n) is 8.15. The van der Waals surface area contributed by atoms with Gasteiger partial charge in [0, 0.05) is 31.7 Å². The van der Waals surface area contributed by atoms with Gasteiger partial charge in [-0.2, -0.15) is 10.2 Å². The van der Waals surface area contributed by atoms with Crippen LogP contribution in [0.25, 0.3) is 0 Å². The molecule has 2 N–H and O–H groups in total. The molecule has 134 valence electrons. The van der Waals surface area contributed by atoms with Crippen LogP contribution in [0.5, 0.6) is 0 Å². The first-order valence-corrected chi connectivity index (χ1v) is 8.15. The van der Waals surface area contributed by atoms with Crippen LogP contribution in [0.4, 0.5) is 16.3 Å². The van der Waals surface area contributed by atoms with Gasteiger partial charge in [0.05, 0.1) is 11.9 Å². The number of amides is 1. The van der Waals surface area contributed by atoms with Gasteiger partial charge in [0.15, 0.2) is 0 Å². The molecule has 1 fully saturated rings. The van der Waals surface area contributed by atoms with Crippen molar-refractivity contribution in [3.63, 3.8) is 0 Å². The minimum Gasteiger partial charge on any atom is -0.594 e. The molecule has 1 unspecified atom stereocenters. The number of aromatic nitrogens is 1. The van der Waals surface area contributed by atoms with Gasteiger partial charge in [-0.3, -0.25) is 0 Å². The minimum absolute atomic E-state index is 0.0270. The quantitative estimate of drug-likeness (QED) is 0.808. The van der Waals surface area contributed by atoms with Gasteiger partial charge < -0.3 is 19.7 Å². The van der Waals surface area contributed by atoms with Crippen molar-refractivity contribution in [1.82, 2.24) is 9.88 Å². The second kappa shape index (κ2) is 7.33. The third-order valence-electron chi connectivity index (χ3n) is 3.90. The molecular weight excluding hydrogens is 312 g/mol. The van der Waals surface area contributed by atoms with Crippen molar-refractivity contribution in [3.8, 4) is 0 Å². The number of ether oxygens (including phenoxy) is 1. The molecule has 2 heterocycles. The summed E-state index contributed by atoms with van der Waals surface area (Å²) in [6.07, 6.45) is 2.15. The summed E-state index contributed by atoms with van der Waals surface area (Å²) in [6, 6.07) is 3.41. The average Bonchev–Trinajstić information content (AvgIpc) is 2.52. The molecule has 0 aromatic carbocycles. The maximum atomic E-state index is 12.2. The van der Waals surface area contributed by atoms with Gasteiger partial charge >= 0.3 is 6.09 Å². The maximum Gasteiger partial charge on any atom is 0.410 e. The molecule has 0 aliphatic carbocycles. The number of hydrogen-bond donors (Lipinski definition) is 2. The molecule has 1 aromatic heterocycles. The van der Waals surface area contributed by atoms with Gasteiger partial charge in [0.25, 0.3) is 5.82 Å². The fraction of sp³-hybridized carbons (Fsp3) is 0.625. The van der Waals surface area contributed by atoms with E-state index in [1.54, 1.807) is 17.2 Å². The third kappa shape index (κ3) is 4.56. The Morgan fingerprint density at radius 2 is 2.17 bits per heavy atom. The van der Waals surface area contributed by atoms with Gasteiger partial charge in [-0.1, -0.05) is 6.92 Å². The second-order valence-electron chi connectivity index (χ2n) is 6.89. The highest BCUT2D eigenvalue weighted by molar-refractivity contribution is 5.69. The summed E-state index contributed by atoms with van der Waals surface area (Å²) in [7, 11) is 0. The molecule has 1 aliphatic heterocycles. The zero-order chi connectivity index (χ0) is 17.9. The highest BCUT2D eigenvalue weighted by Crippen LogP contribution is 2.23. The van der Waals surface area contributed by atoms with E-state index in [0.717, 1.165) is 12.1 Å². The van der Waals surface area contributed by atoms with Crippen molar-refractivity contribution in [2.75, 3.05) is 24.5 Å². The molecular formula is C16H26N4O4. The van der Waals surface area contributed by atoms with Crippen LogP contribution in [0.3, 0.4) is 0 Å². The average molecular weight is 338 g/mol. The molecule has 1 aliphatic rings. The summed E-state index contributed by atoms with van der Waals surface area (Å²) >= 11 is 0. The highest BCUT2D eigenvalue weighted by atomic mass is 16.8. The molecule has 8 heteroatoms. The summed E-state index contributed by atoms with van der Waals surface area (Å²) in [5, 5.41) is 18.8. The Morgan fingerprint density at radius 3 is 2.67 bits per heavy atom. The van der Waals surface area contributed by atoms with Crippen molar-refractivity contribution < 1.29 is 20.0 Å². The monoisotopic (exact) mass is 338 g/mol. The van der Waals surface area contributed by atoms with Gasteiger partial charge in [-0.15, -0.1) is 0 Å². The fourth-order valence-electron chi connectivity index (χ4n) is 2.72. The summed E-state index contributed by atoms with van der Waals surface area (Å²) in [4.78, 5) is 20.1. The predicted molar refractivity (Wildman–Crippen MR) is 89.2 cm³/mol. The maximum absolute atomic E-state index is 12.2. The van der Waals surface area contributed by atoms with E-state index in [2.05, 4.69) is 16.8 Å². The topological polar surface area (TPSA) is 93.4 Å². The molecule has 24 heavy (non-hydrogen) atoms. The fourth-order valence-corrected chi connectivity index (χ4v) is 2.72. The molecule has 8 nitrogen and oxygen atoms in total. The minimum atomic E-state index is -1.04. The Hall–Kier alpha value is -1.90. The van der Waals surface area contributed by atoms with E-state index in [4.69, 9.17) is 9.94 Å². The van der Waals surface area contributed by atoms with Gasteiger partial charge in [0.1, 0.15) is 5.60 Å². The first kappa shape index (κ1) is 18.4. The Kier molecular flexibility index (Phi) is 5.63. The second-order valence-corrected chi connectivity index (χ2v) is 6.89. The highest BCUT2D eigenvalue weighted by Gasteiger charge is 2.31. The molecule has 1 amide bonds. The van der Waals surface area contributed by atoms with E-state index < -0.39 is 10.8 Å². The van der Waals surface area contributed by atoms with E-state index in [1.807, 2.05) is 20.8 Å². The van der Waals surface area contributed by atoms with Crippen LogP contribution in [-0.2, 0) is 4.74 Å². The number of nitrogens with one attached hydrogen (secondary N) is 1. The Labute approximate surface area is 142 Å². The summed E-state index contributed by atoms with van der Waals surface area (Å²) in [6.45, 7) is 9.43. The molecule has 0 radical (unpaired) electrons. The van der Waals surface area contributed by atoms with Crippen molar-refractivity contribution in [2.45, 2.75) is 45.8 Å². The molecule has 0 bridgehead atoms. The van der Waals surface area contributed by atoms with E-state index in [9.17, 15) is 10.0 Å². The number of piperazine rings is 1. The van der Waals surface area contributed by atoms with Crippen LogP contribution in [0.2, 0.25) is 0 Å². The van der Waals surface area contributed by atoms with Crippen LogP contribution in [-0.4, -0.2) is 52.5 Å². The Morgan fingerprint density at radius 1 is 1.46 bits per heavy atom. The third-order valence-corrected chi connectivity index (χ3v) is 3.90. The van der Waals surface area contributed by atoms with E-state index in [-0.39, 0.29) is 18.0 Å². The number of carbonyl (C=O) groups excluding carboxylic acids is 1. The van der Waals surface area contributed by atoms with Gasteiger partial charge in [-0.05, 0) is 33.3 Å². The lowest BCUT2D eigenvalue weighted by molar-refractivity contribution is -0.993. The molecule has 1 saturated heterocycles. The Balaban J connectivity index is 2.06. The van der Waals surface area contributed by atoms with Crippen LogP contribution in [0, 0.1) is 5.21 Å². The van der Waals surface area contributed by atoms with Crippen LogP contribution >= 0.6 is 0 Å². The van der Waals surface area contributed by atoms with E-state index >= 15 is 0 Å². The number of hydrogen-bond acceptors (Lipinski definition) is 6. The number of anilines is 1. The smallest absolute Gasteiger partial charge is 0.410 e. The number of carbonyl (C=O) groups is 1. The summed E-state index contributed by atoms with van der Waals surface area (Å²) in [5.74, 6) is 0.0270. The molecule has 2 rings (SSSR count). The molecule has 0 saturated carbocycles. The lowest BCUT2D eigenvalue weighted by Crippen LogP contribution is -2.99. The normalized spacial score (nSPS) is 20.0. The van der Waals surface area contributed by atoms with E-state index in [0.29, 0.717) is 19.6 Å². The van der Waals surface area contributed by atoms with Crippen LogP contribution < -0.4 is 10.1 Å².